The zero-order valence-corrected chi connectivity index (χ0v) is 12.3. The van der Waals surface area contributed by atoms with Crippen molar-refractivity contribution < 1.29 is 9.84 Å². The Balaban J connectivity index is 2.02. The highest BCUT2D eigenvalue weighted by Gasteiger charge is 2.12. The van der Waals surface area contributed by atoms with E-state index in [1.165, 1.54) is 0 Å². The third kappa shape index (κ3) is 3.33. The van der Waals surface area contributed by atoms with Crippen LogP contribution < -0.4 is 5.32 Å². The lowest BCUT2D eigenvalue weighted by Crippen LogP contribution is -2.25. The van der Waals surface area contributed by atoms with Crippen molar-refractivity contribution in [3.05, 3.63) is 29.2 Å². The number of aliphatic hydroxyl groups is 1. The Bertz CT molecular complexity index is 568. The van der Waals surface area contributed by atoms with Gasteiger partial charge in [-0.25, -0.2) is 9.50 Å². The third-order valence-electron chi connectivity index (χ3n) is 3.28. The van der Waals surface area contributed by atoms with Crippen molar-refractivity contribution in [3.63, 3.8) is 0 Å². The molecule has 20 heavy (non-hydrogen) atoms. The van der Waals surface area contributed by atoms with Crippen LogP contribution in [-0.4, -0.2) is 46.1 Å². The first-order valence-electron chi connectivity index (χ1n) is 6.87. The fraction of sp³-hybridized carbons (Fsp3) is 0.571. The Hall–Kier alpha value is -1.50. The van der Waals surface area contributed by atoms with Crippen molar-refractivity contribution >= 4 is 5.65 Å². The second-order valence-corrected chi connectivity index (χ2v) is 4.87. The number of nitrogens with one attached hydrogen (secondary N) is 1. The van der Waals surface area contributed by atoms with Gasteiger partial charge in [0.1, 0.15) is 0 Å². The molecule has 0 aromatic carbocycles. The highest BCUT2D eigenvalue weighted by molar-refractivity contribution is 5.42. The summed E-state index contributed by atoms with van der Waals surface area (Å²) in [6, 6.07) is 2.14. The van der Waals surface area contributed by atoms with E-state index < -0.39 is 0 Å². The van der Waals surface area contributed by atoms with Gasteiger partial charge in [0.2, 0.25) is 0 Å². The van der Waals surface area contributed by atoms with Crippen molar-refractivity contribution in [3.8, 4) is 0 Å². The zero-order valence-electron chi connectivity index (χ0n) is 12.3. The molecule has 1 atom stereocenters. The average molecular weight is 278 g/mol. The molecule has 0 saturated carbocycles. The number of ether oxygens (including phenoxy) is 1. The van der Waals surface area contributed by atoms with Crippen molar-refractivity contribution in [1.29, 1.82) is 0 Å². The van der Waals surface area contributed by atoms with E-state index in [4.69, 9.17) is 9.84 Å². The van der Waals surface area contributed by atoms with Crippen LogP contribution in [0.2, 0.25) is 0 Å². The van der Waals surface area contributed by atoms with Crippen LogP contribution in [0.25, 0.3) is 5.65 Å². The lowest BCUT2D eigenvalue weighted by molar-refractivity contribution is 0.0928. The van der Waals surface area contributed by atoms with Gasteiger partial charge in [-0.1, -0.05) is 0 Å². The third-order valence-corrected chi connectivity index (χ3v) is 3.28. The van der Waals surface area contributed by atoms with E-state index in [0.717, 1.165) is 29.1 Å². The Morgan fingerprint density at radius 3 is 2.95 bits per heavy atom. The molecule has 2 rings (SSSR count). The summed E-state index contributed by atoms with van der Waals surface area (Å²) < 4.78 is 7.11. The SMILES string of the molecule is Cc1cc2ncc(C(C)NCCOCCO)c(C)n2n1. The maximum atomic E-state index is 8.63. The van der Waals surface area contributed by atoms with Gasteiger partial charge < -0.3 is 15.2 Å². The predicted molar refractivity (Wildman–Crippen MR) is 76.8 cm³/mol. The number of rotatable bonds is 7. The molecule has 1 unspecified atom stereocenters. The first-order chi connectivity index (χ1) is 9.63. The van der Waals surface area contributed by atoms with E-state index in [-0.39, 0.29) is 12.6 Å². The summed E-state index contributed by atoms with van der Waals surface area (Å²) in [4.78, 5) is 4.44. The van der Waals surface area contributed by atoms with Crippen molar-refractivity contribution in [2.24, 2.45) is 0 Å². The molecule has 0 fully saturated rings. The zero-order chi connectivity index (χ0) is 14.5. The monoisotopic (exact) mass is 278 g/mol. The summed E-state index contributed by atoms with van der Waals surface area (Å²) in [6.45, 7) is 7.88. The number of hydrogen-bond acceptors (Lipinski definition) is 5. The van der Waals surface area contributed by atoms with Gasteiger partial charge in [-0.3, -0.25) is 0 Å². The molecule has 6 nitrogen and oxygen atoms in total. The number of aryl methyl sites for hydroxylation is 2. The summed E-state index contributed by atoms with van der Waals surface area (Å²) in [5.74, 6) is 0. The highest BCUT2D eigenvalue weighted by Crippen LogP contribution is 2.17. The first-order valence-corrected chi connectivity index (χ1v) is 6.87. The van der Waals surface area contributed by atoms with Crippen molar-refractivity contribution in [2.45, 2.75) is 26.8 Å². The summed E-state index contributed by atoms with van der Waals surface area (Å²) in [7, 11) is 0. The van der Waals surface area contributed by atoms with Gasteiger partial charge in [0.05, 0.1) is 25.5 Å². The minimum absolute atomic E-state index is 0.0634. The molecular weight excluding hydrogens is 256 g/mol. The summed E-state index contributed by atoms with van der Waals surface area (Å²) >= 11 is 0. The molecule has 0 aliphatic heterocycles. The molecule has 0 aliphatic carbocycles. The lowest BCUT2D eigenvalue weighted by Gasteiger charge is -2.16. The smallest absolute Gasteiger partial charge is 0.155 e. The maximum Gasteiger partial charge on any atom is 0.155 e. The Kier molecular flexibility index (Phi) is 5.05. The summed E-state index contributed by atoms with van der Waals surface area (Å²) in [5.41, 5.74) is 4.07. The Labute approximate surface area is 118 Å². The van der Waals surface area contributed by atoms with Crippen LogP contribution in [0.15, 0.2) is 12.3 Å². The van der Waals surface area contributed by atoms with Gasteiger partial charge >= 0.3 is 0 Å². The van der Waals surface area contributed by atoms with Gasteiger partial charge in [-0.15, -0.1) is 0 Å². The molecule has 0 radical (unpaired) electrons. The molecule has 2 N–H and O–H groups in total. The molecular formula is C14H22N4O2. The van der Waals surface area contributed by atoms with Crippen LogP contribution >= 0.6 is 0 Å². The highest BCUT2D eigenvalue weighted by atomic mass is 16.5. The van der Waals surface area contributed by atoms with Crippen LogP contribution in [0.3, 0.4) is 0 Å². The normalized spacial score (nSPS) is 13.0. The van der Waals surface area contributed by atoms with Gasteiger partial charge in [-0.05, 0) is 20.8 Å². The average Bonchev–Trinajstić information content (AvgIpc) is 2.80. The molecule has 0 aliphatic rings. The molecule has 110 valence electrons. The van der Waals surface area contributed by atoms with E-state index in [9.17, 15) is 0 Å². The van der Waals surface area contributed by atoms with Crippen LogP contribution in [-0.2, 0) is 4.74 Å². The predicted octanol–water partition coefficient (Wildman–Crippen LogP) is 1.01. The minimum Gasteiger partial charge on any atom is -0.394 e. The van der Waals surface area contributed by atoms with E-state index in [1.54, 1.807) is 0 Å². The van der Waals surface area contributed by atoms with Gasteiger partial charge in [0.25, 0.3) is 0 Å². The lowest BCUT2D eigenvalue weighted by atomic mass is 10.1. The van der Waals surface area contributed by atoms with Crippen LogP contribution in [0.5, 0.6) is 0 Å². The molecule has 0 saturated heterocycles. The van der Waals surface area contributed by atoms with Crippen molar-refractivity contribution in [1.82, 2.24) is 19.9 Å². The van der Waals surface area contributed by atoms with E-state index in [2.05, 4.69) is 29.2 Å². The largest absolute Gasteiger partial charge is 0.394 e. The molecule has 2 heterocycles. The van der Waals surface area contributed by atoms with Crippen LogP contribution in [0, 0.1) is 13.8 Å². The van der Waals surface area contributed by atoms with Crippen LogP contribution in [0.4, 0.5) is 0 Å². The molecule has 2 aromatic heterocycles. The van der Waals surface area contributed by atoms with Crippen molar-refractivity contribution in [2.75, 3.05) is 26.4 Å². The summed E-state index contributed by atoms with van der Waals surface area (Å²) in [5, 5.41) is 16.5. The molecule has 2 aromatic rings. The maximum absolute atomic E-state index is 8.63. The number of nitrogens with zero attached hydrogens (tertiary/aromatic N) is 3. The number of fused-ring (bicyclic) bond motifs is 1. The fourth-order valence-electron chi connectivity index (χ4n) is 2.23. The molecule has 6 heteroatoms. The summed E-state index contributed by atoms with van der Waals surface area (Å²) in [6.07, 6.45) is 1.90. The number of hydrogen-bond donors (Lipinski definition) is 2. The van der Waals surface area contributed by atoms with E-state index >= 15 is 0 Å². The fourth-order valence-corrected chi connectivity index (χ4v) is 2.23. The second kappa shape index (κ2) is 6.78. The number of aliphatic hydroxyl groups excluding tert-OH is 1. The van der Waals surface area contributed by atoms with E-state index in [0.29, 0.717) is 13.2 Å². The first kappa shape index (κ1) is 14.9. The Morgan fingerprint density at radius 2 is 2.20 bits per heavy atom. The van der Waals surface area contributed by atoms with Gasteiger partial charge in [0.15, 0.2) is 5.65 Å². The molecule has 0 spiro atoms. The van der Waals surface area contributed by atoms with E-state index in [1.807, 2.05) is 23.7 Å². The second-order valence-electron chi connectivity index (χ2n) is 4.87. The van der Waals surface area contributed by atoms with Gasteiger partial charge in [0, 0.05) is 36.1 Å². The van der Waals surface area contributed by atoms with Gasteiger partial charge in [-0.2, -0.15) is 5.10 Å². The topological polar surface area (TPSA) is 71.7 Å². The molecule has 0 bridgehead atoms. The number of aromatic nitrogens is 3. The standard InChI is InChI=1S/C14H22N4O2/c1-10-8-14-16-9-13(12(3)18(14)17-10)11(2)15-4-6-20-7-5-19/h8-9,11,15,19H,4-7H2,1-3H3. The minimum atomic E-state index is 0.0634. The quantitative estimate of drug-likeness (QED) is 0.740. The Morgan fingerprint density at radius 1 is 1.40 bits per heavy atom. The van der Waals surface area contributed by atoms with Crippen LogP contribution in [0.1, 0.15) is 29.9 Å². The molecule has 0 amide bonds.